The van der Waals surface area contributed by atoms with Crippen LogP contribution in [0, 0.1) is 0 Å². The molecule has 1 amide bonds. The molecule has 0 saturated heterocycles. The zero-order valence-corrected chi connectivity index (χ0v) is 14.6. The molecular weight excluding hydrogens is 324 g/mol. The first-order chi connectivity index (χ1) is 11.3. The minimum atomic E-state index is -3.14. The molecule has 0 aliphatic heterocycles. The number of amides is 1. The van der Waals surface area contributed by atoms with Crippen molar-refractivity contribution in [3.05, 3.63) is 65.7 Å². The lowest BCUT2D eigenvalue weighted by atomic mass is 10.1. The predicted molar refractivity (Wildman–Crippen MR) is 96.2 cm³/mol. The normalized spacial score (nSPS) is 12.8. The van der Waals surface area contributed by atoms with Gasteiger partial charge in [0.2, 0.25) is 5.91 Å². The van der Waals surface area contributed by atoms with Gasteiger partial charge >= 0.3 is 0 Å². The maximum Gasteiger partial charge on any atom is 0.244 e. The Labute approximate surface area is 142 Å². The molecule has 1 atom stereocenters. The van der Waals surface area contributed by atoms with Gasteiger partial charge in [-0.25, -0.2) is 8.42 Å². The number of anilines is 1. The van der Waals surface area contributed by atoms with Gasteiger partial charge in [-0.15, -0.1) is 0 Å². The standard InChI is InChI=1S/C18H22N2O3S/c1-13(2)24(22,23)12-14-8-10-16(11-9-14)20-17(18(19)21)15-6-4-3-5-7-15/h3-11,13,17,20H,12H2,1-2H3,(H2,19,21)/t17-/m0/s1. The molecule has 0 aliphatic rings. The van der Waals surface area contributed by atoms with Gasteiger partial charge < -0.3 is 11.1 Å². The molecular formula is C18H22N2O3S. The molecule has 2 rings (SSSR count). The summed E-state index contributed by atoms with van der Waals surface area (Å²) in [6, 6.07) is 15.5. The number of nitrogens with two attached hydrogens (primary N) is 1. The van der Waals surface area contributed by atoms with Crippen LogP contribution in [0.15, 0.2) is 54.6 Å². The van der Waals surface area contributed by atoms with Crippen LogP contribution in [0.4, 0.5) is 5.69 Å². The third kappa shape index (κ3) is 4.58. The molecule has 0 radical (unpaired) electrons. The summed E-state index contributed by atoms with van der Waals surface area (Å²) >= 11 is 0. The highest BCUT2D eigenvalue weighted by molar-refractivity contribution is 7.91. The van der Waals surface area contributed by atoms with Crippen molar-refractivity contribution >= 4 is 21.4 Å². The van der Waals surface area contributed by atoms with Crippen LogP contribution in [-0.2, 0) is 20.4 Å². The van der Waals surface area contributed by atoms with Gasteiger partial charge in [-0.3, -0.25) is 4.79 Å². The molecule has 0 heterocycles. The Kier molecular flexibility index (Phi) is 5.62. The molecule has 24 heavy (non-hydrogen) atoms. The SMILES string of the molecule is CC(C)S(=O)(=O)Cc1ccc(N[C@H](C(N)=O)c2ccccc2)cc1. The van der Waals surface area contributed by atoms with E-state index in [1.54, 1.807) is 38.1 Å². The van der Waals surface area contributed by atoms with E-state index in [4.69, 9.17) is 5.73 Å². The molecule has 0 aromatic heterocycles. The molecule has 3 N–H and O–H groups in total. The molecule has 0 saturated carbocycles. The largest absolute Gasteiger partial charge is 0.370 e. The van der Waals surface area contributed by atoms with E-state index in [0.29, 0.717) is 11.3 Å². The number of carbonyl (C=O) groups excluding carboxylic acids is 1. The first-order valence-electron chi connectivity index (χ1n) is 7.71. The third-order valence-corrected chi connectivity index (χ3v) is 5.94. The Balaban J connectivity index is 2.14. The maximum absolute atomic E-state index is 12.0. The fourth-order valence-electron chi connectivity index (χ4n) is 2.23. The second-order valence-electron chi connectivity index (χ2n) is 5.94. The number of primary amides is 1. The van der Waals surface area contributed by atoms with Crippen LogP contribution < -0.4 is 11.1 Å². The molecule has 6 heteroatoms. The van der Waals surface area contributed by atoms with E-state index in [-0.39, 0.29) is 5.75 Å². The third-order valence-electron chi connectivity index (χ3n) is 3.77. The van der Waals surface area contributed by atoms with Crippen LogP contribution >= 0.6 is 0 Å². The molecule has 0 fully saturated rings. The van der Waals surface area contributed by atoms with Gasteiger partial charge in [-0.1, -0.05) is 42.5 Å². The van der Waals surface area contributed by atoms with Crippen molar-refractivity contribution in [3.63, 3.8) is 0 Å². The fraction of sp³-hybridized carbons (Fsp3) is 0.278. The first kappa shape index (κ1) is 18.0. The smallest absolute Gasteiger partial charge is 0.244 e. The number of carbonyl (C=O) groups is 1. The van der Waals surface area contributed by atoms with Crippen molar-refractivity contribution in [2.45, 2.75) is 30.9 Å². The van der Waals surface area contributed by atoms with E-state index in [9.17, 15) is 13.2 Å². The van der Waals surface area contributed by atoms with Crippen molar-refractivity contribution < 1.29 is 13.2 Å². The summed E-state index contributed by atoms with van der Waals surface area (Å²) in [4.78, 5) is 11.7. The van der Waals surface area contributed by atoms with Crippen molar-refractivity contribution in [3.8, 4) is 0 Å². The lowest BCUT2D eigenvalue weighted by Crippen LogP contribution is -2.27. The average molecular weight is 346 g/mol. The van der Waals surface area contributed by atoms with Crippen LogP contribution in [0.3, 0.4) is 0 Å². The quantitative estimate of drug-likeness (QED) is 0.806. The molecule has 128 valence electrons. The van der Waals surface area contributed by atoms with E-state index in [0.717, 1.165) is 5.56 Å². The highest BCUT2D eigenvalue weighted by atomic mass is 32.2. The lowest BCUT2D eigenvalue weighted by molar-refractivity contribution is -0.118. The summed E-state index contributed by atoms with van der Waals surface area (Å²) in [5.74, 6) is -0.476. The van der Waals surface area contributed by atoms with E-state index < -0.39 is 27.0 Å². The minimum Gasteiger partial charge on any atom is -0.370 e. The van der Waals surface area contributed by atoms with Crippen molar-refractivity contribution in [2.75, 3.05) is 5.32 Å². The van der Waals surface area contributed by atoms with Crippen LogP contribution in [0.25, 0.3) is 0 Å². The van der Waals surface area contributed by atoms with Crippen LogP contribution in [0.5, 0.6) is 0 Å². The Morgan fingerprint density at radius 3 is 2.12 bits per heavy atom. The molecule has 0 bridgehead atoms. The van der Waals surface area contributed by atoms with Crippen molar-refractivity contribution in [1.29, 1.82) is 0 Å². The number of nitrogens with one attached hydrogen (secondary N) is 1. The molecule has 0 aliphatic carbocycles. The van der Waals surface area contributed by atoms with Gasteiger partial charge in [0.1, 0.15) is 6.04 Å². The molecule has 0 spiro atoms. The highest BCUT2D eigenvalue weighted by Gasteiger charge is 2.18. The van der Waals surface area contributed by atoms with E-state index in [2.05, 4.69) is 5.32 Å². The second kappa shape index (κ2) is 7.49. The highest BCUT2D eigenvalue weighted by Crippen LogP contribution is 2.21. The summed E-state index contributed by atoms with van der Waals surface area (Å²) in [7, 11) is -3.14. The lowest BCUT2D eigenvalue weighted by Gasteiger charge is -2.17. The van der Waals surface area contributed by atoms with Gasteiger partial charge in [0.25, 0.3) is 0 Å². The summed E-state index contributed by atoms with van der Waals surface area (Å²) < 4.78 is 23.9. The summed E-state index contributed by atoms with van der Waals surface area (Å²) in [5, 5.41) is 2.67. The minimum absolute atomic E-state index is 0.00286. The first-order valence-corrected chi connectivity index (χ1v) is 9.42. The zero-order valence-electron chi connectivity index (χ0n) is 13.8. The molecule has 2 aromatic rings. The van der Waals surface area contributed by atoms with E-state index >= 15 is 0 Å². The van der Waals surface area contributed by atoms with Gasteiger partial charge in [0.15, 0.2) is 9.84 Å². The summed E-state index contributed by atoms with van der Waals surface area (Å²) in [5.41, 5.74) is 7.67. The van der Waals surface area contributed by atoms with Gasteiger partial charge in [-0.2, -0.15) is 0 Å². The monoisotopic (exact) mass is 346 g/mol. The van der Waals surface area contributed by atoms with Crippen LogP contribution in [0.1, 0.15) is 31.0 Å². The van der Waals surface area contributed by atoms with E-state index in [1.165, 1.54) is 0 Å². The summed E-state index contributed by atoms with van der Waals surface area (Å²) in [6.45, 7) is 3.34. The van der Waals surface area contributed by atoms with Crippen molar-refractivity contribution in [1.82, 2.24) is 0 Å². The number of benzene rings is 2. The van der Waals surface area contributed by atoms with Gasteiger partial charge in [0.05, 0.1) is 11.0 Å². The van der Waals surface area contributed by atoms with Crippen LogP contribution in [-0.4, -0.2) is 19.6 Å². The Bertz CT molecular complexity index is 785. The topological polar surface area (TPSA) is 89.3 Å². The number of hydrogen-bond donors (Lipinski definition) is 2. The van der Waals surface area contributed by atoms with E-state index in [1.807, 2.05) is 30.3 Å². The maximum atomic E-state index is 12.0. The Morgan fingerprint density at radius 1 is 1.04 bits per heavy atom. The number of sulfone groups is 1. The fourth-order valence-corrected chi connectivity index (χ4v) is 3.22. The molecule has 0 unspecified atom stereocenters. The number of rotatable bonds is 7. The predicted octanol–water partition coefficient (Wildman–Crippen LogP) is 2.65. The zero-order chi connectivity index (χ0) is 17.7. The Hall–Kier alpha value is -2.34. The van der Waals surface area contributed by atoms with Crippen molar-refractivity contribution in [2.24, 2.45) is 5.73 Å². The summed E-state index contributed by atoms with van der Waals surface area (Å²) in [6.07, 6.45) is 0. The number of hydrogen-bond acceptors (Lipinski definition) is 4. The molecule has 2 aromatic carbocycles. The van der Waals surface area contributed by atoms with Crippen LogP contribution in [0.2, 0.25) is 0 Å². The Morgan fingerprint density at radius 2 is 1.62 bits per heavy atom. The van der Waals surface area contributed by atoms with Gasteiger partial charge in [0, 0.05) is 5.69 Å². The average Bonchev–Trinajstić information content (AvgIpc) is 2.54. The molecule has 5 nitrogen and oxygen atoms in total. The second-order valence-corrected chi connectivity index (χ2v) is 8.50. The van der Waals surface area contributed by atoms with Gasteiger partial charge in [-0.05, 0) is 37.1 Å².